The third-order valence-corrected chi connectivity index (χ3v) is 5.56. The lowest BCUT2D eigenvalue weighted by atomic mass is 10.0. The molecule has 2 aromatic carbocycles. The van der Waals surface area contributed by atoms with Crippen LogP contribution in [0.5, 0.6) is 0 Å². The first kappa shape index (κ1) is 16.8. The molecular weight excluding hydrogens is 324 g/mol. The minimum absolute atomic E-state index is 0.0535. The molecular formula is C22H24N2O2. The molecule has 2 aliphatic rings. The number of likely N-dealkylation sites (tertiary alicyclic amines) is 1. The maximum atomic E-state index is 12.8. The summed E-state index contributed by atoms with van der Waals surface area (Å²) in [6.07, 6.45) is 4.87. The van der Waals surface area contributed by atoms with Crippen molar-refractivity contribution in [1.82, 2.24) is 4.90 Å². The standard InChI is InChI=1S/C22H24N2O2/c25-21-14-17(15-24(21)18-10-4-5-11-18)22(26)23-20-13-7-6-12-19(20)16-8-2-1-3-9-16/h1-3,6-9,12-13,17-18H,4-5,10-11,14-15H2,(H,23,26)/t17-/m0/s1. The fraction of sp³-hybridized carbons (Fsp3) is 0.364. The van der Waals surface area contributed by atoms with E-state index in [4.69, 9.17) is 0 Å². The first-order valence-corrected chi connectivity index (χ1v) is 9.47. The van der Waals surface area contributed by atoms with Crippen molar-refractivity contribution in [3.8, 4) is 11.1 Å². The van der Waals surface area contributed by atoms with Gasteiger partial charge in [0.2, 0.25) is 11.8 Å². The maximum absolute atomic E-state index is 12.8. The zero-order chi connectivity index (χ0) is 17.9. The van der Waals surface area contributed by atoms with Crippen LogP contribution < -0.4 is 5.32 Å². The van der Waals surface area contributed by atoms with E-state index in [9.17, 15) is 9.59 Å². The van der Waals surface area contributed by atoms with E-state index in [-0.39, 0.29) is 17.7 Å². The molecule has 0 unspecified atom stereocenters. The van der Waals surface area contributed by atoms with E-state index in [0.29, 0.717) is 19.0 Å². The van der Waals surface area contributed by atoms with E-state index in [1.54, 1.807) is 0 Å². The molecule has 4 nitrogen and oxygen atoms in total. The van der Waals surface area contributed by atoms with Crippen LogP contribution in [0.25, 0.3) is 11.1 Å². The van der Waals surface area contributed by atoms with E-state index in [2.05, 4.69) is 5.32 Å². The van der Waals surface area contributed by atoms with Gasteiger partial charge in [0.1, 0.15) is 0 Å². The van der Waals surface area contributed by atoms with Crippen LogP contribution in [0.3, 0.4) is 0 Å². The topological polar surface area (TPSA) is 49.4 Å². The number of hydrogen-bond acceptors (Lipinski definition) is 2. The van der Waals surface area contributed by atoms with Gasteiger partial charge in [0.05, 0.1) is 5.92 Å². The van der Waals surface area contributed by atoms with Crippen LogP contribution in [0, 0.1) is 5.92 Å². The largest absolute Gasteiger partial charge is 0.339 e. The third kappa shape index (κ3) is 3.36. The molecule has 0 radical (unpaired) electrons. The second-order valence-corrected chi connectivity index (χ2v) is 7.29. The number of carbonyl (C=O) groups excluding carboxylic acids is 2. The van der Waals surface area contributed by atoms with E-state index >= 15 is 0 Å². The van der Waals surface area contributed by atoms with Crippen LogP contribution in [0.15, 0.2) is 54.6 Å². The van der Waals surface area contributed by atoms with Crippen molar-refractivity contribution in [1.29, 1.82) is 0 Å². The lowest BCUT2D eigenvalue weighted by Crippen LogP contribution is -2.35. The number of benzene rings is 2. The summed E-state index contributed by atoms with van der Waals surface area (Å²) in [5, 5.41) is 3.06. The monoisotopic (exact) mass is 348 g/mol. The number of amides is 2. The molecule has 1 aliphatic heterocycles. The van der Waals surface area contributed by atoms with Crippen LogP contribution in [0.2, 0.25) is 0 Å². The average Bonchev–Trinajstić information content (AvgIpc) is 3.32. The van der Waals surface area contributed by atoms with Crippen molar-refractivity contribution < 1.29 is 9.59 Å². The number of nitrogens with one attached hydrogen (secondary N) is 1. The summed E-state index contributed by atoms with van der Waals surface area (Å²) in [7, 11) is 0. The van der Waals surface area contributed by atoms with E-state index < -0.39 is 0 Å². The van der Waals surface area contributed by atoms with Gasteiger partial charge >= 0.3 is 0 Å². The molecule has 2 aromatic rings. The molecule has 4 rings (SSSR count). The van der Waals surface area contributed by atoms with E-state index in [1.807, 2.05) is 59.5 Å². The van der Waals surface area contributed by atoms with Crippen molar-refractivity contribution in [2.24, 2.45) is 5.92 Å². The van der Waals surface area contributed by atoms with Gasteiger partial charge in [-0.3, -0.25) is 9.59 Å². The zero-order valence-electron chi connectivity index (χ0n) is 14.9. The highest BCUT2D eigenvalue weighted by atomic mass is 16.2. The molecule has 2 fully saturated rings. The summed E-state index contributed by atoms with van der Waals surface area (Å²) in [5.74, 6) is -0.178. The van der Waals surface area contributed by atoms with Gasteiger partial charge in [-0.05, 0) is 24.5 Å². The normalized spacial score (nSPS) is 20.5. The lowest BCUT2D eigenvalue weighted by molar-refractivity contribution is -0.129. The predicted octanol–water partition coefficient (Wildman–Crippen LogP) is 4.08. The molecule has 1 aliphatic carbocycles. The minimum Gasteiger partial charge on any atom is -0.339 e. The molecule has 0 bridgehead atoms. The molecule has 0 spiro atoms. The molecule has 1 heterocycles. The number of para-hydroxylation sites is 1. The van der Waals surface area contributed by atoms with Crippen molar-refractivity contribution in [3.63, 3.8) is 0 Å². The zero-order valence-corrected chi connectivity index (χ0v) is 14.9. The van der Waals surface area contributed by atoms with Crippen molar-refractivity contribution in [2.75, 3.05) is 11.9 Å². The van der Waals surface area contributed by atoms with Gasteiger partial charge in [-0.25, -0.2) is 0 Å². The molecule has 0 aromatic heterocycles. The van der Waals surface area contributed by atoms with Gasteiger partial charge in [-0.2, -0.15) is 0 Å². The Hall–Kier alpha value is -2.62. The summed E-state index contributed by atoms with van der Waals surface area (Å²) < 4.78 is 0. The summed E-state index contributed by atoms with van der Waals surface area (Å²) in [6, 6.07) is 18.2. The Balaban J connectivity index is 1.48. The quantitative estimate of drug-likeness (QED) is 0.905. The Morgan fingerprint density at radius 1 is 0.962 bits per heavy atom. The van der Waals surface area contributed by atoms with Crippen LogP contribution in [-0.2, 0) is 9.59 Å². The number of carbonyl (C=O) groups is 2. The Morgan fingerprint density at radius 3 is 2.42 bits per heavy atom. The van der Waals surface area contributed by atoms with E-state index in [0.717, 1.165) is 29.7 Å². The van der Waals surface area contributed by atoms with Gasteiger partial charge in [0.25, 0.3) is 0 Å². The third-order valence-electron chi connectivity index (χ3n) is 5.56. The first-order chi connectivity index (χ1) is 12.7. The highest BCUT2D eigenvalue weighted by Gasteiger charge is 2.38. The number of anilines is 1. The van der Waals surface area contributed by atoms with Gasteiger partial charge < -0.3 is 10.2 Å². The minimum atomic E-state index is -0.257. The highest BCUT2D eigenvalue weighted by molar-refractivity contribution is 6.00. The van der Waals surface area contributed by atoms with Gasteiger partial charge in [0.15, 0.2) is 0 Å². The molecule has 1 saturated carbocycles. The van der Waals surface area contributed by atoms with Crippen LogP contribution in [0.4, 0.5) is 5.69 Å². The molecule has 1 saturated heterocycles. The SMILES string of the molecule is O=C(Nc1ccccc1-c1ccccc1)[C@H]1CC(=O)N(C2CCCC2)C1. The Kier molecular flexibility index (Phi) is 4.74. The number of hydrogen-bond donors (Lipinski definition) is 1. The van der Waals surface area contributed by atoms with E-state index in [1.165, 1.54) is 12.8 Å². The van der Waals surface area contributed by atoms with Gasteiger partial charge in [-0.15, -0.1) is 0 Å². The average molecular weight is 348 g/mol. The lowest BCUT2D eigenvalue weighted by Gasteiger charge is -2.24. The predicted molar refractivity (Wildman–Crippen MR) is 103 cm³/mol. The van der Waals surface area contributed by atoms with Crippen LogP contribution in [-0.4, -0.2) is 29.3 Å². The molecule has 26 heavy (non-hydrogen) atoms. The van der Waals surface area contributed by atoms with Crippen molar-refractivity contribution >= 4 is 17.5 Å². The fourth-order valence-corrected chi connectivity index (χ4v) is 4.17. The Labute approximate surface area is 154 Å². The fourth-order valence-electron chi connectivity index (χ4n) is 4.17. The summed E-state index contributed by atoms with van der Waals surface area (Å²) in [4.78, 5) is 27.1. The number of rotatable bonds is 4. The van der Waals surface area contributed by atoms with Gasteiger partial charge in [-0.1, -0.05) is 61.4 Å². The van der Waals surface area contributed by atoms with Crippen LogP contribution >= 0.6 is 0 Å². The smallest absolute Gasteiger partial charge is 0.229 e. The molecule has 4 heteroatoms. The van der Waals surface area contributed by atoms with Gasteiger partial charge in [0, 0.05) is 30.3 Å². The number of nitrogens with zero attached hydrogens (tertiary/aromatic N) is 1. The second kappa shape index (κ2) is 7.32. The van der Waals surface area contributed by atoms with Crippen molar-refractivity contribution in [2.45, 2.75) is 38.1 Å². The summed E-state index contributed by atoms with van der Waals surface area (Å²) in [6.45, 7) is 0.558. The molecule has 134 valence electrons. The Bertz CT molecular complexity index is 797. The van der Waals surface area contributed by atoms with Crippen LogP contribution in [0.1, 0.15) is 32.1 Å². The second-order valence-electron chi connectivity index (χ2n) is 7.29. The van der Waals surface area contributed by atoms with Crippen molar-refractivity contribution in [3.05, 3.63) is 54.6 Å². The Morgan fingerprint density at radius 2 is 1.65 bits per heavy atom. The molecule has 1 N–H and O–H groups in total. The molecule has 2 amide bonds. The highest BCUT2D eigenvalue weighted by Crippen LogP contribution is 2.31. The first-order valence-electron chi connectivity index (χ1n) is 9.47. The summed E-state index contributed by atoms with van der Waals surface area (Å²) in [5.41, 5.74) is 2.87. The summed E-state index contributed by atoms with van der Waals surface area (Å²) >= 11 is 0. The molecule has 1 atom stereocenters. The maximum Gasteiger partial charge on any atom is 0.229 e.